The summed E-state index contributed by atoms with van der Waals surface area (Å²) in [6.07, 6.45) is 0. The molecule has 0 amide bonds. The van der Waals surface area contributed by atoms with Gasteiger partial charge < -0.3 is 4.74 Å². The first-order valence-electron chi connectivity index (χ1n) is 4.37. The molecule has 0 heterocycles. The highest BCUT2D eigenvalue weighted by Gasteiger charge is 2.19. The van der Waals surface area contributed by atoms with Crippen LogP contribution in [0.15, 0.2) is 18.2 Å². The zero-order chi connectivity index (χ0) is 13.1. The fourth-order valence-electron chi connectivity index (χ4n) is 1.00. The summed E-state index contributed by atoms with van der Waals surface area (Å²) in [6.45, 7) is -0.689. The SMILES string of the molecule is O=C(OCCS(=O)(=O)O)c1c(F)cccc1F. The van der Waals surface area contributed by atoms with Crippen molar-refractivity contribution in [3.63, 3.8) is 0 Å². The van der Waals surface area contributed by atoms with Crippen LogP contribution < -0.4 is 0 Å². The summed E-state index contributed by atoms with van der Waals surface area (Å²) in [6, 6.07) is 2.80. The molecule has 1 aromatic carbocycles. The minimum Gasteiger partial charge on any atom is -0.461 e. The molecule has 1 N–H and O–H groups in total. The van der Waals surface area contributed by atoms with Gasteiger partial charge in [0.1, 0.15) is 29.6 Å². The van der Waals surface area contributed by atoms with Gasteiger partial charge in [0.25, 0.3) is 10.1 Å². The third-order valence-electron chi connectivity index (χ3n) is 1.74. The number of carbonyl (C=O) groups excluding carboxylic acids is 1. The molecule has 0 aliphatic rings. The minimum atomic E-state index is -4.29. The van der Waals surface area contributed by atoms with Gasteiger partial charge in [-0.2, -0.15) is 8.42 Å². The molecule has 0 saturated carbocycles. The zero-order valence-electron chi connectivity index (χ0n) is 8.39. The molecule has 0 atom stereocenters. The third kappa shape index (κ3) is 4.08. The van der Waals surface area contributed by atoms with E-state index in [2.05, 4.69) is 4.74 Å². The predicted octanol–water partition coefficient (Wildman–Crippen LogP) is 1.01. The Balaban J connectivity index is 2.71. The van der Waals surface area contributed by atoms with Gasteiger partial charge >= 0.3 is 5.97 Å². The fourth-order valence-corrected chi connectivity index (χ4v) is 1.30. The average Bonchev–Trinajstić information content (AvgIpc) is 2.15. The minimum absolute atomic E-state index is 0.689. The van der Waals surface area contributed by atoms with E-state index in [1.54, 1.807) is 0 Å². The Bertz CT molecular complexity index is 506. The van der Waals surface area contributed by atoms with Gasteiger partial charge in [-0.25, -0.2) is 13.6 Å². The Kier molecular flexibility index (Phi) is 4.13. The van der Waals surface area contributed by atoms with E-state index in [4.69, 9.17) is 4.55 Å². The predicted molar refractivity (Wildman–Crippen MR) is 53.1 cm³/mol. The summed E-state index contributed by atoms with van der Waals surface area (Å²) in [5, 5.41) is 0. The van der Waals surface area contributed by atoms with Crippen LogP contribution in [0.1, 0.15) is 10.4 Å². The van der Waals surface area contributed by atoms with Gasteiger partial charge in [-0.05, 0) is 12.1 Å². The monoisotopic (exact) mass is 266 g/mol. The molecular weight excluding hydrogens is 258 g/mol. The van der Waals surface area contributed by atoms with Crippen LogP contribution in [0.2, 0.25) is 0 Å². The van der Waals surface area contributed by atoms with Crippen molar-refractivity contribution >= 4 is 16.1 Å². The van der Waals surface area contributed by atoms with Crippen LogP contribution in [-0.4, -0.2) is 31.3 Å². The second-order valence-corrected chi connectivity index (χ2v) is 4.59. The van der Waals surface area contributed by atoms with Gasteiger partial charge in [0, 0.05) is 0 Å². The maximum Gasteiger partial charge on any atom is 0.344 e. The molecule has 1 rings (SSSR count). The van der Waals surface area contributed by atoms with Gasteiger partial charge in [-0.15, -0.1) is 0 Å². The third-order valence-corrected chi connectivity index (χ3v) is 2.42. The molecule has 5 nitrogen and oxygen atoms in total. The number of benzene rings is 1. The summed E-state index contributed by atoms with van der Waals surface area (Å²) in [4.78, 5) is 11.2. The first-order valence-corrected chi connectivity index (χ1v) is 5.98. The van der Waals surface area contributed by atoms with Crippen molar-refractivity contribution in [1.29, 1.82) is 0 Å². The zero-order valence-corrected chi connectivity index (χ0v) is 9.21. The number of rotatable bonds is 4. The van der Waals surface area contributed by atoms with Crippen LogP contribution >= 0.6 is 0 Å². The first kappa shape index (κ1) is 13.5. The highest BCUT2D eigenvalue weighted by Crippen LogP contribution is 2.13. The number of hydrogen-bond acceptors (Lipinski definition) is 4. The molecule has 0 spiro atoms. The molecule has 0 bridgehead atoms. The number of halogens is 2. The normalized spacial score (nSPS) is 11.2. The van der Waals surface area contributed by atoms with E-state index in [0.717, 1.165) is 18.2 Å². The summed E-state index contributed by atoms with van der Waals surface area (Å²) >= 11 is 0. The molecule has 0 aromatic heterocycles. The van der Waals surface area contributed by atoms with Gasteiger partial charge in [0.05, 0.1) is 0 Å². The highest BCUT2D eigenvalue weighted by atomic mass is 32.2. The van der Waals surface area contributed by atoms with Gasteiger partial charge in [-0.1, -0.05) is 6.07 Å². The van der Waals surface area contributed by atoms with Crippen molar-refractivity contribution in [1.82, 2.24) is 0 Å². The molecule has 0 radical (unpaired) electrons. The standard InChI is InChI=1S/C9H8F2O5S/c10-6-2-1-3-7(11)8(6)9(12)16-4-5-17(13,14)15/h1-3H,4-5H2,(H,13,14,15). The van der Waals surface area contributed by atoms with Crippen molar-refractivity contribution in [3.8, 4) is 0 Å². The lowest BCUT2D eigenvalue weighted by molar-refractivity contribution is 0.0517. The molecule has 1 aromatic rings. The van der Waals surface area contributed by atoms with Crippen LogP contribution in [0.4, 0.5) is 8.78 Å². The van der Waals surface area contributed by atoms with E-state index < -0.39 is 45.6 Å². The van der Waals surface area contributed by atoms with Crippen LogP contribution in [0.5, 0.6) is 0 Å². The second-order valence-electron chi connectivity index (χ2n) is 3.02. The quantitative estimate of drug-likeness (QED) is 0.649. The number of ether oxygens (including phenoxy) is 1. The molecule has 94 valence electrons. The molecule has 8 heteroatoms. The summed E-state index contributed by atoms with van der Waals surface area (Å²) < 4.78 is 59.4. The van der Waals surface area contributed by atoms with E-state index in [9.17, 15) is 22.0 Å². The van der Waals surface area contributed by atoms with Crippen LogP contribution in [0.3, 0.4) is 0 Å². The molecule has 0 aliphatic heterocycles. The summed E-state index contributed by atoms with van der Waals surface area (Å²) in [5.74, 6) is -4.39. The number of hydrogen-bond donors (Lipinski definition) is 1. The Morgan fingerprint density at radius 1 is 1.29 bits per heavy atom. The molecule has 0 fully saturated rings. The molecule has 0 saturated heterocycles. The van der Waals surface area contributed by atoms with Crippen molar-refractivity contribution in [2.24, 2.45) is 0 Å². The summed E-state index contributed by atoms with van der Waals surface area (Å²) in [5.41, 5.74) is -0.900. The Labute approximate surface area is 95.8 Å². The van der Waals surface area contributed by atoms with E-state index in [1.165, 1.54) is 0 Å². The maximum atomic E-state index is 13.1. The Morgan fingerprint density at radius 3 is 2.29 bits per heavy atom. The van der Waals surface area contributed by atoms with Crippen molar-refractivity contribution in [2.75, 3.05) is 12.4 Å². The van der Waals surface area contributed by atoms with Gasteiger partial charge in [-0.3, -0.25) is 4.55 Å². The fraction of sp³-hybridized carbons (Fsp3) is 0.222. The number of esters is 1. The molecule has 17 heavy (non-hydrogen) atoms. The van der Waals surface area contributed by atoms with E-state index in [0.29, 0.717) is 0 Å². The van der Waals surface area contributed by atoms with Crippen molar-refractivity contribution in [2.45, 2.75) is 0 Å². The van der Waals surface area contributed by atoms with Gasteiger partial charge in [0.2, 0.25) is 0 Å². The Morgan fingerprint density at radius 2 is 1.82 bits per heavy atom. The van der Waals surface area contributed by atoms with Crippen molar-refractivity contribution in [3.05, 3.63) is 35.4 Å². The lowest BCUT2D eigenvalue weighted by atomic mass is 10.2. The molecular formula is C9H8F2O5S. The summed E-state index contributed by atoms with van der Waals surface area (Å²) in [7, 11) is -4.29. The Hall–Kier alpha value is -1.54. The van der Waals surface area contributed by atoms with Crippen LogP contribution in [0, 0.1) is 11.6 Å². The lowest BCUT2D eigenvalue weighted by Crippen LogP contribution is -2.16. The topological polar surface area (TPSA) is 80.7 Å². The second kappa shape index (κ2) is 5.19. The van der Waals surface area contributed by atoms with E-state index in [1.807, 2.05) is 0 Å². The van der Waals surface area contributed by atoms with Crippen molar-refractivity contribution < 1.29 is 31.3 Å². The van der Waals surface area contributed by atoms with E-state index in [-0.39, 0.29) is 0 Å². The van der Waals surface area contributed by atoms with Crippen LogP contribution in [0.25, 0.3) is 0 Å². The van der Waals surface area contributed by atoms with Crippen LogP contribution in [-0.2, 0) is 14.9 Å². The highest BCUT2D eigenvalue weighted by molar-refractivity contribution is 7.85. The average molecular weight is 266 g/mol. The van der Waals surface area contributed by atoms with E-state index >= 15 is 0 Å². The molecule has 0 aliphatic carbocycles. The number of carbonyl (C=O) groups is 1. The molecule has 0 unspecified atom stereocenters. The first-order chi connectivity index (χ1) is 7.81. The van der Waals surface area contributed by atoms with Gasteiger partial charge in [0.15, 0.2) is 0 Å². The lowest BCUT2D eigenvalue weighted by Gasteiger charge is -2.05. The maximum absolute atomic E-state index is 13.1. The largest absolute Gasteiger partial charge is 0.461 e. The smallest absolute Gasteiger partial charge is 0.344 e.